The number of rotatable bonds is 7. The molecule has 10 heteroatoms. The van der Waals surface area contributed by atoms with E-state index in [1.54, 1.807) is 23.3 Å². The van der Waals surface area contributed by atoms with Gasteiger partial charge in [0.25, 0.3) is 0 Å². The third-order valence-electron chi connectivity index (χ3n) is 6.99. The van der Waals surface area contributed by atoms with Crippen molar-refractivity contribution >= 4 is 44.8 Å². The fourth-order valence-electron chi connectivity index (χ4n) is 4.84. The van der Waals surface area contributed by atoms with Crippen LogP contribution in [0.15, 0.2) is 61.1 Å². The van der Waals surface area contributed by atoms with Crippen molar-refractivity contribution in [3.8, 4) is 6.07 Å². The van der Waals surface area contributed by atoms with E-state index in [1.807, 2.05) is 42.5 Å². The number of pyridine rings is 2. The molecular formula is C30H28ClFN8. The van der Waals surface area contributed by atoms with Crippen molar-refractivity contribution < 1.29 is 4.39 Å². The number of halogens is 2. The van der Waals surface area contributed by atoms with Gasteiger partial charge in [-0.3, -0.25) is 9.97 Å². The summed E-state index contributed by atoms with van der Waals surface area (Å²) in [5, 5.41) is 27.7. The van der Waals surface area contributed by atoms with Gasteiger partial charge in [0, 0.05) is 41.8 Å². The molecule has 0 bridgehead atoms. The number of nitrogens with one attached hydrogen (secondary N) is 2. The first kappa shape index (κ1) is 26.0. The van der Waals surface area contributed by atoms with E-state index in [1.165, 1.54) is 0 Å². The van der Waals surface area contributed by atoms with Gasteiger partial charge in [0.1, 0.15) is 17.9 Å². The Kier molecular flexibility index (Phi) is 6.51. The van der Waals surface area contributed by atoms with Crippen molar-refractivity contribution in [2.45, 2.75) is 45.4 Å². The van der Waals surface area contributed by atoms with Crippen molar-refractivity contribution in [1.82, 2.24) is 25.0 Å². The average Bonchev–Trinajstić information content (AvgIpc) is 3.46. The van der Waals surface area contributed by atoms with Crippen LogP contribution in [0.2, 0.25) is 5.02 Å². The summed E-state index contributed by atoms with van der Waals surface area (Å²) in [5.74, 6) is 0. The van der Waals surface area contributed by atoms with Crippen LogP contribution in [0.4, 0.5) is 15.8 Å². The largest absolute Gasteiger partial charge is 0.383 e. The first-order valence-corrected chi connectivity index (χ1v) is 13.5. The lowest BCUT2D eigenvalue weighted by atomic mass is 9.96. The van der Waals surface area contributed by atoms with Crippen LogP contribution in [0.1, 0.15) is 56.1 Å². The number of nitriles is 1. The minimum atomic E-state index is -0.900. The molecule has 2 N–H and O–H groups in total. The smallest absolute Gasteiger partial charge is 0.125 e. The number of aromatic nitrogens is 5. The van der Waals surface area contributed by atoms with E-state index in [2.05, 4.69) is 57.8 Å². The molecule has 6 rings (SSSR count). The molecule has 8 nitrogen and oxygen atoms in total. The van der Waals surface area contributed by atoms with Gasteiger partial charge in [-0.2, -0.15) is 5.26 Å². The molecule has 3 atom stereocenters. The third-order valence-corrected chi connectivity index (χ3v) is 7.27. The molecule has 3 aromatic heterocycles. The zero-order chi connectivity index (χ0) is 28.0. The Balaban J connectivity index is 1.47. The Labute approximate surface area is 236 Å². The Morgan fingerprint density at radius 1 is 1.18 bits per heavy atom. The molecule has 5 aromatic rings. The second-order valence-corrected chi connectivity index (χ2v) is 11.8. The van der Waals surface area contributed by atoms with Crippen molar-refractivity contribution in [3.05, 3.63) is 82.9 Å². The van der Waals surface area contributed by atoms with Crippen LogP contribution < -0.4 is 10.6 Å². The normalized spacial score (nSPS) is 17.5. The van der Waals surface area contributed by atoms with E-state index in [4.69, 9.17) is 11.6 Å². The molecule has 2 aromatic carbocycles. The molecule has 0 aliphatic heterocycles. The number of fused-ring (bicyclic) bond motifs is 2. The summed E-state index contributed by atoms with van der Waals surface area (Å²) in [5.41, 5.74) is 4.85. The fourth-order valence-corrected chi connectivity index (χ4v) is 5.11. The molecule has 3 heterocycles. The highest BCUT2D eigenvalue weighted by Crippen LogP contribution is 2.40. The van der Waals surface area contributed by atoms with E-state index in [-0.39, 0.29) is 11.5 Å². The number of hydrogen-bond acceptors (Lipinski definition) is 7. The Bertz CT molecular complexity index is 1760. The molecule has 1 fully saturated rings. The maximum absolute atomic E-state index is 13.8. The number of anilines is 2. The lowest BCUT2D eigenvalue weighted by molar-refractivity contribution is 0.425. The standard InChI is InChI=1S/C30H28ClFN8/c1-30(2,3)16-36-27-17(13-33)14-35-28-21(27)10-18(11-22(28)31)37-29(25-15-40(39-38-25)26-12-23(26)32)20-6-4-8-24-19(20)7-5-9-34-24/h4-11,14-15,23,26,29,37H,12,16H2,1-3H3,(H,35,36)/t23-,26+,29?/m0/s1. The SMILES string of the molecule is CC(C)(C)CNc1c(C#N)cnc2c(Cl)cc(NC(c3cn([C@@H]4C[C@@H]4F)nn3)c3cccc4ncccc34)cc12. The summed E-state index contributed by atoms with van der Waals surface area (Å²) in [4.78, 5) is 9.00. The monoisotopic (exact) mass is 554 g/mol. The second kappa shape index (κ2) is 10.0. The Morgan fingerprint density at radius 2 is 2.00 bits per heavy atom. The Hall–Kier alpha value is -4.29. The van der Waals surface area contributed by atoms with Gasteiger partial charge in [0.05, 0.1) is 45.6 Å². The molecule has 0 saturated heterocycles. The molecule has 1 saturated carbocycles. The molecule has 202 valence electrons. The molecule has 0 amide bonds. The zero-order valence-electron chi connectivity index (χ0n) is 22.4. The molecule has 1 aliphatic carbocycles. The summed E-state index contributed by atoms with van der Waals surface area (Å²) in [6, 6.07) is 15.1. The molecule has 1 unspecified atom stereocenters. The van der Waals surface area contributed by atoms with Gasteiger partial charge in [-0.25, -0.2) is 9.07 Å². The summed E-state index contributed by atoms with van der Waals surface area (Å²) >= 11 is 6.76. The predicted molar refractivity (Wildman–Crippen MR) is 155 cm³/mol. The Morgan fingerprint density at radius 3 is 2.75 bits per heavy atom. The van der Waals surface area contributed by atoms with Crippen molar-refractivity contribution in [2.24, 2.45) is 5.41 Å². The first-order chi connectivity index (χ1) is 19.2. The molecule has 40 heavy (non-hydrogen) atoms. The summed E-state index contributed by atoms with van der Waals surface area (Å²) in [6.45, 7) is 7.03. The number of nitrogens with zero attached hydrogens (tertiary/aromatic N) is 6. The minimum Gasteiger partial charge on any atom is -0.383 e. The van der Waals surface area contributed by atoms with E-state index in [0.29, 0.717) is 46.1 Å². The number of hydrogen-bond donors (Lipinski definition) is 2. The van der Waals surface area contributed by atoms with Crippen LogP contribution in [0, 0.1) is 16.7 Å². The minimum absolute atomic E-state index is 0.0124. The summed E-state index contributed by atoms with van der Waals surface area (Å²) in [7, 11) is 0. The van der Waals surface area contributed by atoms with Crippen LogP contribution in [0.3, 0.4) is 0 Å². The van der Waals surface area contributed by atoms with Crippen LogP contribution in [0.5, 0.6) is 0 Å². The van der Waals surface area contributed by atoms with E-state index in [0.717, 1.165) is 21.9 Å². The average molecular weight is 555 g/mol. The topological polar surface area (TPSA) is 104 Å². The molecule has 0 spiro atoms. The van der Waals surface area contributed by atoms with Crippen LogP contribution >= 0.6 is 11.6 Å². The predicted octanol–water partition coefficient (Wildman–Crippen LogP) is 6.84. The quantitative estimate of drug-likeness (QED) is 0.227. The van der Waals surface area contributed by atoms with Gasteiger partial charge in [-0.05, 0) is 35.2 Å². The number of benzene rings is 2. The lowest BCUT2D eigenvalue weighted by Gasteiger charge is -2.23. The van der Waals surface area contributed by atoms with Gasteiger partial charge >= 0.3 is 0 Å². The highest BCUT2D eigenvalue weighted by molar-refractivity contribution is 6.35. The second-order valence-electron chi connectivity index (χ2n) is 11.4. The van der Waals surface area contributed by atoms with Gasteiger partial charge < -0.3 is 10.6 Å². The van der Waals surface area contributed by atoms with Gasteiger partial charge in [0.2, 0.25) is 0 Å². The first-order valence-electron chi connectivity index (χ1n) is 13.1. The maximum Gasteiger partial charge on any atom is 0.125 e. The van der Waals surface area contributed by atoms with E-state index < -0.39 is 12.2 Å². The third kappa shape index (κ3) is 5.03. The molecule has 0 radical (unpaired) electrons. The lowest BCUT2D eigenvalue weighted by Crippen LogP contribution is -2.20. The summed E-state index contributed by atoms with van der Waals surface area (Å²) < 4.78 is 15.4. The van der Waals surface area contributed by atoms with Crippen LogP contribution in [-0.4, -0.2) is 37.7 Å². The highest BCUT2D eigenvalue weighted by Gasteiger charge is 2.40. The molecular weight excluding hydrogens is 527 g/mol. The van der Waals surface area contributed by atoms with Gasteiger partial charge in [0.15, 0.2) is 0 Å². The van der Waals surface area contributed by atoms with E-state index in [9.17, 15) is 9.65 Å². The van der Waals surface area contributed by atoms with Crippen LogP contribution in [0.25, 0.3) is 21.8 Å². The van der Waals surface area contributed by atoms with Crippen LogP contribution in [-0.2, 0) is 0 Å². The van der Waals surface area contributed by atoms with Gasteiger partial charge in [-0.1, -0.05) is 55.8 Å². The van der Waals surface area contributed by atoms with Crippen molar-refractivity contribution in [1.29, 1.82) is 5.26 Å². The van der Waals surface area contributed by atoms with Crippen molar-refractivity contribution in [3.63, 3.8) is 0 Å². The maximum atomic E-state index is 13.8. The van der Waals surface area contributed by atoms with Gasteiger partial charge in [-0.15, -0.1) is 5.10 Å². The van der Waals surface area contributed by atoms with Crippen molar-refractivity contribution in [2.75, 3.05) is 17.2 Å². The number of alkyl halides is 1. The van der Waals surface area contributed by atoms with E-state index >= 15 is 0 Å². The highest BCUT2D eigenvalue weighted by atomic mass is 35.5. The fraction of sp³-hybridized carbons (Fsp3) is 0.300. The zero-order valence-corrected chi connectivity index (χ0v) is 23.1. The summed E-state index contributed by atoms with van der Waals surface area (Å²) in [6.07, 6.45) is 4.65. The molecule has 1 aliphatic rings.